The van der Waals surface area contributed by atoms with Crippen molar-refractivity contribution in [2.75, 3.05) is 11.9 Å². The monoisotopic (exact) mass is 423 g/mol. The van der Waals surface area contributed by atoms with Crippen molar-refractivity contribution >= 4 is 51.5 Å². The lowest BCUT2D eigenvalue weighted by Crippen LogP contribution is -2.36. The van der Waals surface area contributed by atoms with Crippen LogP contribution in [-0.2, 0) is 16.6 Å². The van der Waals surface area contributed by atoms with Crippen molar-refractivity contribution < 1.29 is 18.8 Å². The maximum atomic E-state index is 13.0. The Morgan fingerprint density at radius 3 is 2.57 bits per heavy atom. The predicted molar refractivity (Wildman–Crippen MR) is 115 cm³/mol. The maximum absolute atomic E-state index is 13.0. The molecule has 0 unspecified atom stereocenters. The molecule has 3 amide bonds. The fourth-order valence-corrected chi connectivity index (χ4v) is 4.20. The Kier molecular flexibility index (Phi) is 5.17. The molecular weight excluding hydrogens is 405 g/mol. The number of carbonyl (C=O) groups excluding carboxylic acids is 3. The van der Waals surface area contributed by atoms with E-state index < -0.39 is 29.4 Å². The van der Waals surface area contributed by atoms with Crippen molar-refractivity contribution in [3.63, 3.8) is 0 Å². The second-order valence-electron chi connectivity index (χ2n) is 6.90. The van der Waals surface area contributed by atoms with Crippen molar-refractivity contribution in [1.29, 1.82) is 0 Å². The molecule has 3 aromatic rings. The van der Waals surface area contributed by atoms with Gasteiger partial charge in [-0.05, 0) is 55.1 Å². The number of halogens is 1. The number of para-hydroxylation sites is 1. The maximum Gasteiger partial charge on any atom is 0.294 e. The van der Waals surface area contributed by atoms with Crippen molar-refractivity contribution in [3.8, 4) is 0 Å². The van der Waals surface area contributed by atoms with E-state index in [4.69, 9.17) is 0 Å². The number of hydrogen-bond acceptors (Lipinski definition) is 4. The molecular formula is C22H18FN3O3S. The van der Waals surface area contributed by atoms with Crippen LogP contribution in [-0.4, -0.2) is 33.1 Å². The molecule has 1 fully saturated rings. The number of aromatic nitrogens is 1. The molecule has 1 N–H and O–H groups in total. The average Bonchev–Trinajstić information content (AvgIpc) is 3.13. The molecule has 0 saturated carbocycles. The minimum Gasteiger partial charge on any atom is -0.347 e. The molecule has 0 spiro atoms. The number of carbonyl (C=O) groups is 3. The molecule has 30 heavy (non-hydrogen) atoms. The van der Waals surface area contributed by atoms with E-state index in [1.165, 1.54) is 24.3 Å². The summed E-state index contributed by atoms with van der Waals surface area (Å²) in [5, 5.41) is 3.04. The minimum atomic E-state index is -0.536. The second kappa shape index (κ2) is 7.79. The number of hydrogen-bond donors (Lipinski definition) is 1. The van der Waals surface area contributed by atoms with Crippen molar-refractivity contribution in [2.24, 2.45) is 7.05 Å². The lowest BCUT2D eigenvalue weighted by atomic mass is 10.1. The SMILES string of the molecule is Cc1c(/C=C2\SC(=O)N(CC(=O)Nc3ccc(F)cc3)C2=O)c2ccccc2n1C. The largest absolute Gasteiger partial charge is 0.347 e. The van der Waals surface area contributed by atoms with Gasteiger partial charge in [-0.3, -0.25) is 19.3 Å². The number of fused-ring (bicyclic) bond motifs is 1. The molecule has 152 valence electrons. The fraction of sp³-hybridized carbons (Fsp3) is 0.136. The van der Waals surface area contributed by atoms with Crippen LogP contribution in [0.2, 0.25) is 0 Å². The molecule has 1 aliphatic heterocycles. The smallest absolute Gasteiger partial charge is 0.294 e. The van der Waals surface area contributed by atoms with Gasteiger partial charge in [0, 0.05) is 34.9 Å². The zero-order chi connectivity index (χ0) is 21.4. The van der Waals surface area contributed by atoms with E-state index in [1.54, 1.807) is 6.08 Å². The normalized spacial score (nSPS) is 15.4. The fourth-order valence-electron chi connectivity index (χ4n) is 3.38. The highest BCUT2D eigenvalue weighted by Crippen LogP contribution is 2.35. The van der Waals surface area contributed by atoms with Gasteiger partial charge >= 0.3 is 0 Å². The van der Waals surface area contributed by atoms with Crippen LogP contribution in [0.1, 0.15) is 11.3 Å². The van der Waals surface area contributed by atoms with Gasteiger partial charge in [-0.25, -0.2) is 4.39 Å². The van der Waals surface area contributed by atoms with Crippen LogP contribution in [0.25, 0.3) is 17.0 Å². The molecule has 2 heterocycles. The molecule has 1 aliphatic rings. The number of aryl methyl sites for hydroxylation is 1. The highest BCUT2D eigenvalue weighted by Gasteiger charge is 2.36. The molecule has 0 aliphatic carbocycles. The minimum absolute atomic E-state index is 0.272. The standard InChI is InChI=1S/C22H18FN3O3S/c1-13-17(16-5-3-4-6-18(16)25(13)2)11-19-21(28)26(22(29)30-19)12-20(27)24-15-9-7-14(23)8-10-15/h3-11H,12H2,1-2H3,(H,24,27)/b19-11-. The van der Waals surface area contributed by atoms with Gasteiger partial charge in [0.1, 0.15) is 12.4 Å². The van der Waals surface area contributed by atoms with E-state index in [0.29, 0.717) is 5.69 Å². The van der Waals surface area contributed by atoms with Crippen molar-refractivity contribution in [3.05, 3.63) is 70.5 Å². The lowest BCUT2D eigenvalue weighted by Gasteiger charge is -2.12. The van der Waals surface area contributed by atoms with E-state index >= 15 is 0 Å². The molecule has 8 heteroatoms. The Morgan fingerprint density at radius 2 is 1.83 bits per heavy atom. The molecule has 1 aromatic heterocycles. The predicted octanol–water partition coefficient (Wildman–Crippen LogP) is 4.30. The summed E-state index contributed by atoms with van der Waals surface area (Å²) in [7, 11) is 1.94. The number of nitrogens with zero attached hydrogens (tertiary/aromatic N) is 2. The van der Waals surface area contributed by atoms with Crippen LogP contribution in [0, 0.1) is 12.7 Å². The Balaban J connectivity index is 1.55. The first-order chi connectivity index (χ1) is 14.3. The molecule has 0 radical (unpaired) electrons. The molecule has 4 rings (SSSR count). The van der Waals surface area contributed by atoms with E-state index in [1.807, 2.05) is 42.8 Å². The third kappa shape index (κ3) is 3.61. The summed E-state index contributed by atoms with van der Waals surface area (Å²) in [6.45, 7) is 1.54. The number of amides is 3. The van der Waals surface area contributed by atoms with Gasteiger partial charge in [0.05, 0.1) is 4.91 Å². The summed E-state index contributed by atoms with van der Waals surface area (Å²) in [6, 6.07) is 13.1. The van der Waals surface area contributed by atoms with Gasteiger partial charge in [0.25, 0.3) is 11.1 Å². The van der Waals surface area contributed by atoms with Crippen LogP contribution in [0.15, 0.2) is 53.4 Å². The molecule has 0 atom stereocenters. The van der Waals surface area contributed by atoms with Gasteiger partial charge in [0.15, 0.2) is 0 Å². The number of nitrogens with one attached hydrogen (secondary N) is 1. The van der Waals surface area contributed by atoms with E-state index in [0.717, 1.165) is 38.8 Å². The van der Waals surface area contributed by atoms with Gasteiger partial charge < -0.3 is 9.88 Å². The highest BCUT2D eigenvalue weighted by molar-refractivity contribution is 8.18. The topological polar surface area (TPSA) is 71.4 Å². The van der Waals surface area contributed by atoms with Crippen LogP contribution >= 0.6 is 11.8 Å². The molecule has 1 saturated heterocycles. The molecule has 2 aromatic carbocycles. The van der Waals surface area contributed by atoms with Crippen molar-refractivity contribution in [1.82, 2.24) is 9.47 Å². The van der Waals surface area contributed by atoms with Gasteiger partial charge in [-0.15, -0.1) is 0 Å². The zero-order valence-corrected chi connectivity index (χ0v) is 17.1. The number of benzene rings is 2. The Morgan fingerprint density at radius 1 is 1.13 bits per heavy atom. The molecule has 0 bridgehead atoms. The van der Waals surface area contributed by atoms with E-state index in [-0.39, 0.29) is 4.91 Å². The van der Waals surface area contributed by atoms with Crippen LogP contribution in [0.4, 0.5) is 14.9 Å². The summed E-state index contributed by atoms with van der Waals surface area (Å²) in [4.78, 5) is 38.6. The third-order valence-electron chi connectivity index (χ3n) is 5.03. The third-order valence-corrected chi connectivity index (χ3v) is 5.93. The zero-order valence-electron chi connectivity index (χ0n) is 16.3. The quantitative estimate of drug-likeness (QED) is 0.635. The van der Waals surface area contributed by atoms with E-state index in [9.17, 15) is 18.8 Å². The summed E-state index contributed by atoms with van der Waals surface area (Å²) in [6.07, 6.45) is 1.71. The Bertz CT molecular complexity index is 1210. The summed E-state index contributed by atoms with van der Waals surface area (Å²) in [5.74, 6) is -1.47. The van der Waals surface area contributed by atoms with Gasteiger partial charge in [-0.1, -0.05) is 18.2 Å². The summed E-state index contributed by atoms with van der Waals surface area (Å²) in [5.41, 5.74) is 3.25. The molecule has 6 nitrogen and oxygen atoms in total. The Labute approximate surface area is 176 Å². The Hall–Kier alpha value is -3.39. The highest BCUT2D eigenvalue weighted by atomic mass is 32.2. The van der Waals surface area contributed by atoms with Gasteiger partial charge in [0.2, 0.25) is 5.91 Å². The first-order valence-corrected chi connectivity index (χ1v) is 10.0. The van der Waals surface area contributed by atoms with Crippen LogP contribution < -0.4 is 5.32 Å². The first kappa shape index (κ1) is 19.9. The number of rotatable bonds is 4. The lowest BCUT2D eigenvalue weighted by molar-refractivity contribution is -0.127. The van der Waals surface area contributed by atoms with Crippen LogP contribution in [0.3, 0.4) is 0 Å². The number of imide groups is 1. The van der Waals surface area contributed by atoms with Crippen molar-refractivity contribution in [2.45, 2.75) is 6.92 Å². The first-order valence-electron chi connectivity index (χ1n) is 9.20. The van der Waals surface area contributed by atoms with E-state index in [2.05, 4.69) is 5.32 Å². The average molecular weight is 423 g/mol. The van der Waals surface area contributed by atoms with Gasteiger partial charge in [-0.2, -0.15) is 0 Å². The van der Waals surface area contributed by atoms with Crippen LogP contribution in [0.5, 0.6) is 0 Å². The summed E-state index contributed by atoms with van der Waals surface area (Å²) >= 11 is 0.813. The number of anilines is 1. The number of thioether (sulfide) groups is 1. The second-order valence-corrected chi connectivity index (χ2v) is 7.89. The summed E-state index contributed by atoms with van der Waals surface area (Å²) < 4.78 is 15.0.